The van der Waals surface area contributed by atoms with Gasteiger partial charge in [-0.2, -0.15) is 0 Å². The van der Waals surface area contributed by atoms with Crippen LogP contribution in [0, 0.1) is 0 Å². The molecule has 0 saturated heterocycles. The zero-order valence-corrected chi connectivity index (χ0v) is 10.1. The fourth-order valence-corrected chi connectivity index (χ4v) is 2.17. The van der Waals surface area contributed by atoms with Gasteiger partial charge in [0.15, 0.2) is 0 Å². The number of nitrogens with two attached hydrogens (primary N) is 1. The monoisotopic (exact) mass is 237 g/mol. The highest BCUT2D eigenvalue weighted by Crippen LogP contribution is 2.20. The van der Waals surface area contributed by atoms with E-state index in [1.165, 1.54) is 0 Å². The maximum Gasteiger partial charge on any atom is 0.313 e. The summed E-state index contributed by atoms with van der Waals surface area (Å²) >= 11 is 0. The topological polar surface area (TPSA) is 70.1 Å². The Kier molecular flexibility index (Phi) is 3.78. The number of rotatable bonds is 3. The van der Waals surface area contributed by atoms with E-state index < -0.39 is 0 Å². The molecule has 1 aliphatic carbocycles. The molecule has 1 aromatic heterocycles. The Bertz CT molecular complexity index is 430. The van der Waals surface area contributed by atoms with Crippen molar-refractivity contribution in [1.82, 2.24) is 9.55 Å². The van der Waals surface area contributed by atoms with Crippen LogP contribution < -0.4 is 16.0 Å². The number of ether oxygens (including phenoxy) is 1. The van der Waals surface area contributed by atoms with Crippen LogP contribution in [0.4, 0.5) is 0 Å². The molecule has 2 N–H and O–H groups in total. The molecule has 0 aromatic carbocycles. The average molecular weight is 237 g/mol. The van der Waals surface area contributed by atoms with E-state index in [1.54, 1.807) is 17.0 Å². The lowest BCUT2D eigenvalue weighted by molar-refractivity contribution is 0.124. The van der Waals surface area contributed by atoms with Gasteiger partial charge in [-0.3, -0.25) is 4.79 Å². The summed E-state index contributed by atoms with van der Waals surface area (Å²) in [4.78, 5) is 15.9. The highest BCUT2D eigenvalue weighted by molar-refractivity contribution is 5.05. The summed E-state index contributed by atoms with van der Waals surface area (Å²) in [5.74, 6) is 0.178. The molecule has 17 heavy (non-hydrogen) atoms. The van der Waals surface area contributed by atoms with Gasteiger partial charge < -0.3 is 15.0 Å². The Morgan fingerprint density at radius 1 is 1.53 bits per heavy atom. The van der Waals surface area contributed by atoms with Crippen molar-refractivity contribution in [2.75, 3.05) is 0 Å². The van der Waals surface area contributed by atoms with Gasteiger partial charge in [0.25, 0.3) is 5.88 Å². The number of hydrogen-bond donors (Lipinski definition) is 1. The predicted octanol–water partition coefficient (Wildman–Crippen LogP) is 0.912. The Morgan fingerprint density at radius 3 is 3.00 bits per heavy atom. The van der Waals surface area contributed by atoms with Crippen LogP contribution in [0.15, 0.2) is 17.2 Å². The molecule has 1 aliphatic rings. The first-order chi connectivity index (χ1) is 8.22. The summed E-state index contributed by atoms with van der Waals surface area (Å²) in [6, 6.07) is 0.0141. The van der Waals surface area contributed by atoms with E-state index in [1.807, 2.05) is 6.92 Å². The number of nitrogens with zero attached hydrogens (tertiary/aromatic N) is 2. The lowest BCUT2D eigenvalue weighted by atomic mass is 9.93. The second-order valence-corrected chi connectivity index (χ2v) is 4.43. The van der Waals surface area contributed by atoms with Gasteiger partial charge in [0, 0.05) is 25.0 Å². The molecule has 0 radical (unpaired) electrons. The molecule has 0 spiro atoms. The van der Waals surface area contributed by atoms with E-state index in [0.29, 0.717) is 6.54 Å². The number of hydrogen-bond acceptors (Lipinski definition) is 4. The van der Waals surface area contributed by atoms with Crippen molar-refractivity contribution in [2.24, 2.45) is 5.73 Å². The molecule has 2 rings (SSSR count). The largest absolute Gasteiger partial charge is 0.469 e. The first kappa shape index (κ1) is 12.1. The summed E-state index contributed by atoms with van der Waals surface area (Å²) in [5.41, 5.74) is 5.81. The third-order valence-corrected chi connectivity index (χ3v) is 3.24. The Balaban J connectivity index is 2.15. The summed E-state index contributed by atoms with van der Waals surface area (Å²) in [5, 5.41) is 0. The minimum atomic E-state index is -0.173. The third-order valence-electron chi connectivity index (χ3n) is 3.24. The van der Waals surface area contributed by atoms with Crippen molar-refractivity contribution >= 4 is 0 Å². The Morgan fingerprint density at radius 2 is 2.29 bits per heavy atom. The molecule has 0 aliphatic heterocycles. The highest BCUT2D eigenvalue weighted by Gasteiger charge is 2.24. The van der Waals surface area contributed by atoms with Gasteiger partial charge in [-0.1, -0.05) is 6.42 Å². The fourth-order valence-electron chi connectivity index (χ4n) is 2.17. The summed E-state index contributed by atoms with van der Waals surface area (Å²) in [6.07, 6.45) is 7.29. The maximum absolute atomic E-state index is 11.9. The maximum atomic E-state index is 11.9. The van der Waals surface area contributed by atoms with Gasteiger partial charge in [0.2, 0.25) is 0 Å². The quantitative estimate of drug-likeness (QED) is 0.848. The van der Waals surface area contributed by atoms with Crippen LogP contribution in [0.25, 0.3) is 0 Å². The van der Waals surface area contributed by atoms with E-state index in [-0.39, 0.29) is 23.6 Å². The second-order valence-electron chi connectivity index (χ2n) is 4.43. The number of aryl methyl sites for hydroxylation is 1. The normalized spacial score (nSPS) is 24.6. The molecular formula is C12H19N3O2. The lowest BCUT2D eigenvalue weighted by Gasteiger charge is -2.28. The van der Waals surface area contributed by atoms with Crippen molar-refractivity contribution in [1.29, 1.82) is 0 Å². The SMILES string of the molecule is CCn1ccnc(OC2CCCCC2N)c1=O. The molecule has 2 unspecified atom stereocenters. The van der Waals surface area contributed by atoms with E-state index in [0.717, 1.165) is 25.7 Å². The molecule has 5 nitrogen and oxygen atoms in total. The smallest absolute Gasteiger partial charge is 0.313 e. The molecule has 1 fully saturated rings. The molecule has 1 aromatic rings. The highest BCUT2D eigenvalue weighted by atomic mass is 16.5. The zero-order valence-electron chi connectivity index (χ0n) is 10.1. The number of aromatic nitrogens is 2. The summed E-state index contributed by atoms with van der Waals surface area (Å²) < 4.78 is 7.25. The molecular weight excluding hydrogens is 218 g/mol. The van der Waals surface area contributed by atoms with E-state index in [2.05, 4.69) is 4.98 Å². The first-order valence-corrected chi connectivity index (χ1v) is 6.20. The minimum Gasteiger partial charge on any atom is -0.469 e. The zero-order chi connectivity index (χ0) is 12.3. The predicted molar refractivity (Wildman–Crippen MR) is 65.0 cm³/mol. The van der Waals surface area contributed by atoms with Crippen LogP contribution in [-0.2, 0) is 6.54 Å². The van der Waals surface area contributed by atoms with Crippen LogP contribution in [0.2, 0.25) is 0 Å². The van der Waals surface area contributed by atoms with E-state index >= 15 is 0 Å². The van der Waals surface area contributed by atoms with E-state index in [9.17, 15) is 4.79 Å². The van der Waals surface area contributed by atoms with Crippen molar-refractivity contribution in [2.45, 2.75) is 51.3 Å². The third kappa shape index (κ3) is 2.66. The van der Waals surface area contributed by atoms with Crippen LogP contribution >= 0.6 is 0 Å². The van der Waals surface area contributed by atoms with Gasteiger partial charge in [-0.25, -0.2) is 4.98 Å². The lowest BCUT2D eigenvalue weighted by Crippen LogP contribution is -2.42. The minimum absolute atomic E-state index is 0.0141. The molecule has 2 atom stereocenters. The fraction of sp³-hybridized carbons (Fsp3) is 0.667. The summed E-state index contributed by atoms with van der Waals surface area (Å²) in [6.45, 7) is 2.53. The van der Waals surface area contributed by atoms with Crippen molar-refractivity contribution in [3.8, 4) is 5.88 Å². The van der Waals surface area contributed by atoms with Crippen LogP contribution in [0.1, 0.15) is 32.6 Å². The molecule has 0 bridgehead atoms. The molecule has 1 heterocycles. The Labute approximate surface area is 101 Å². The molecule has 0 amide bonds. The van der Waals surface area contributed by atoms with E-state index in [4.69, 9.17) is 10.5 Å². The summed E-state index contributed by atoms with van der Waals surface area (Å²) in [7, 11) is 0. The van der Waals surface area contributed by atoms with Gasteiger partial charge in [0.05, 0.1) is 0 Å². The average Bonchev–Trinajstić information content (AvgIpc) is 2.34. The van der Waals surface area contributed by atoms with Gasteiger partial charge in [0.1, 0.15) is 6.10 Å². The van der Waals surface area contributed by atoms with Gasteiger partial charge in [-0.15, -0.1) is 0 Å². The first-order valence-electron chi connectivity index (χ1n) is 6.20. The second kappa shape index (κ2) is 5.31. The van der Waals surface area contributed by atoms with Crippen LogP contribution in [0.3, 0.4) is 0 Å². The van der Waals surface area contributed by atoms with Gasteiger partial charge in [-0.05, 0) is 26.2 Å². The van der Waals surface area contributed by atoms with Crippen molar-refractivity contribution in [3.63, 3.8) is 0 Å². The van der Waals surface area contributed by atoms with Gasteiger partial charge >= 0.3 is 5.56 Å². The molecule has 1 saturated carbocycles. The van der Waals surface area contributed by atoms with Crippen molar-refractivity contribution < 1.29 is 4.74 Å². The van der Waals surface area contributed by atoms with Crippen LogP contribution in [0.5, 0.6) is 5.88 Å². The molecule has 94 valence electrons. The molecule has 5 heteroatoms. The van der Waals surface area contributed by atoms with Crippen LogP contribution in [-0.4, -0.2) is 21.7 Å². The standard InChI is InChI=1S/C12H19N3O2/c1-2-15-8-7-14-11(12(15)16)17-10-6-4-3-5-9(10)13/h7-10H,2-6,13H2,1H3. The van der Waals surface area contributed by atoms with Crippen molar-refractivity contribution in [3.05, 3.63) is 22.7 Å². The Hall–Kier alpha value is -1.36.